The smallest absolute Gasteiger partial charge is 0.251 e. The molecule has 5 rings (SSSR count). The fourth-order valence-electron chi connectivity index (χ4n) is 4.19. The van der Waals surface area contributed by atoms with Crippen LogP contribution in [0.2, 0.25) is 0 Å². The van der Waals surface area contributed by atoms with E-state index in [-0.39, 0.29) is 17.6 Å². The minimum atomic E-state index is -0.0981. The first-order valence-corrected chi connectivity index (χ1v) is 12.8. The average molecular weight is 502 g/mol. The molecule has 0 aliphatic carbocycles. The van der Waals surface area contributed by atoms with E-state index in [1.807, 2.05) is 61.7 Å². The van der Waals surface area contributed by atoms with Gasteiger partial charge in [-0.15, -0.1) is 11.8 Å². The molecule has 36 heavy (non-hydrogen) atoms. The fraction of sp³-hybridized carbons (Fsp3) is 0.214. The number of hydrogen-bond donors (Lipinski definition) is 2. The number of para-hydroxylation sites is 1. The van der Waals surface area contributed by atoms with Crippen LogP contribution >= 0.6 is 11.8 Å². The molecule has 0 atom stereocenters. The van der Waals surface area contributed by atoms with Crippen LogP contribution in [0.3, 0.4) is 0 Å². The highest BCUT2D eigenvalue weighted by Gasteiger charge is 2.15. The van der Waals surface area contributed by atoms with Gasteiger partial charge >= 0.3 is 0 Å². The number of rotatable bonds is 8. The number of anilines is 1. The van der Waals surface area contributed by atoms with Crippen LogP contribution in [0.25, 0.3) is 10.9 Å². The van der Waals surface area contributed by atoms with Crippen LogP contribution in [0.4, 0.5) is 5.69 Å². The number of fused-ring (bicyclic) bond motifs is 2. The molecule has 184 valence electrons. The van der Waals surface area contributed by atoms with Crippen molar-refractivity contribution < 1.29 is 19.1 Å². The summed E-state index contributed by atoms with van der Waals surface area (Å²) in [6.45, 7) is 4.09. The van der Waals surface area contributed by atoms with Crippen molar-refractivity contribution in [3.8, 4) is 11.5 Å². The Kier molecular flexibility index (Phi) is 7.13. The zero-order valence-corrected chi connectivity index (χ0v) is 20.8. The molecule has 4 aromatic rings. The van der Waals surface area contributed by atoms with E-state index >= 15 is 0 Å². The van der Waals surface area contributed by atoms with E-state index in [2.05, 4.69) is 27.3 Å². The average Bonchev–Trinajstić information content (AvgIpc) is 3.25. The Bertz CT molecular complexity index is 1420. The van der Waals surface area contributed by atoms with Gasteiger partial charge in [-0.05, 0) is 36.8 Å². The fourth-order valence-corrected chi connectivity index (χ4v) is 5.08. The maximum absolute atomic E-state index is 12.6. The normalized spacial score (nSPS) is 12.4. The number of nitrogens with zero attached hydrogens (tertiary/aromatic N) is 1. The summed E-state index contributed by atoms with van der Waals surface area (Å²) in [6.07, 6.45) is 2.05. The quantitative estimate of drug-likeness (QED) is 0.336. The predicted octanol–water partition coefficient (Wildman–Crippen LogP) is 4.88. The highest BCUT2D eigenvalue weighted by atomic mass is 32.2. The molecule has 0 saturated carbocycles. The van der Waals surface area contributed by atoms with Crippen LogP contribution in [-0.4, -0.2) is 41.9 Å². The lowest BCUT2D eigenvalue weighted by molar-refractivity contribution is -0.113. The number of carbonyl (C=O) groups is 2. The van der Waals surface area contributed by atoms with Crippen LogP contribution in [0.1, 0.15) is 15.9 Å². The van der Waals surface area contributed by atoms with Crippen molar-refractivity contribution in [2.75, 3.05) is 30.8 Å². The Labute approximate surface area is 213 Å². The molecule has 7 nitrogen and oxygen atoms in total. The molecule has 0 saturated heterocycles. The third-order valence-electron chi connectivity index (χ3n) is 5.96. The zero-order valence-electron chi connectivity index (χ0n) is 20.0. The molecule has 1 aromatic heterocycles. The lowest BCUT2D eigenvalue weighted by Crippen LogP contribution is -2.27. The Morgan fingerprint density at radius 1 is 0.972 bits per heavy atom. The third kappa shape index (κ3) is 5.33. The highest BCUT2D eigenvalue weighted by molar-refractivity contribution is 8.00. The van der Waals surface area contributed by atoms with Gasteiger partial charge in [-0.3, -0.25) is 9.59 Å². The van der Waals surface area contributed by atoms with Crippen LogP contribution in [-0.2, 0) is 11.3 Å². The van der Waals surface area contributed by atoms with E-state index in [4.69, 9.17) is 9.47 Å². The first-order valence-electron chi connectivity index (χ1n) is 11.8. The van der Waals surface area contributed by atoms with Crippen LogP contribution in [0.15, 0.2) is 77.8 Å². The Hall–Kier alpha value is -3.91. The van der Waals surface area contributed by atoms with Gasteiger partial charge in [-0.1, -0.05) is 36.4 Å². The number of ether oxygens (including phenoxy) is 2. The number of nitrogens with one attached hydrogen (secondary N) is 2. The number of carbonyl (C=O) groups excluding carboxylic acids is 2. The molecular formula is C28H27N3O4S. The van der Waals surface area contributed by atoms with Gasteiger partial charge in [-0.2, -0.15) is 0 Å². The molecule has 1 aliphatic heterocycles. The molecule has 8 heteroatoms. The minimum Gasteiger partial charge on any atom is -0.486 e. The first-order chi connectivity index (χ1) is 17.6. The van der Waals surface area contributed by atoms with Gasteiger partial charge in [0.25, 0.3) is 5.91 Å². The molecule has 0 bridgehead atoms. The molecule has 1 aliphatic rings. The molecule has 0 fully saturated rings. The topological polar surface area (TPSA) is 81.6 Å². The number of amides is 2. The SMILES string of the molecule is Cc1ccccc1C(=O)NCCn1cc(SCC(=O)Nc2ccc3c(c2)OCCO3)c2ccccc21. The van der Waals surface area contributed by atoms with Gasteiger partial charge in [0.2, 0.25) is 5.91 Å². The summed E-state index contributed by atoms with van der Waals surface area (Å²) in [6, 6.07) is 21.1. The maximum atomic E-state index is 12.6. The van der Waals surface area contributed by atoms with Gasteiger partial charge < -0.3 is 24.7 Å². The Morgan fingerprint density at radius 3 is 2.61 bits per heavy atom. The van der Waals surface area contributed by atoms with E-state index in [0.29, 0.717) is 49.1 Å². The predicted molar refractivity (Wildman–Crippen MR) is 142 cm³/mol. The molecule has 0 radical (unpaired) electrons. The Balaban J connectivity index is 1.21. The van der Waals surface area contributed by atoms with Crippen molar-refractivity contribution >= 4 is 40.2 Å². The van der Waals surface area contributed by atoms with Crippen molar-refractivity contribution in [2.45, 2.75) is 18.4 Å². The molecular weight excluding hydrogens is 474 g/mol. The molecule has 2 heterocycles. The minimum absolute atomic E-state index is 0.0741. The Morgan fingerprint density at radius 2 is 1.75 bits per heavy atom. The second kappa shape index (κ2) is 10.8. The number of aryl methyl sites for hydroxylation is 1. The second-order valence-corrected chi connectivity index (χ2v) is 9.49. The monoisotopic (exact) mass is 501 g/mol. The summed E-state index contributed by atoms with van der Waals surface area (Å²) >= 11 is 1.49. The van der Waals surface area contributed by atoms with E-state index in [1.165, 1.54) is 11.8 Å². The molecule has 2 amide bonds. The van der Waals surface area contributed by atoms with Crippen molar-refractivity contribution in [1.29, 1.82) is 0 Å². The maximum Gasteiger partial charge on any atom is 0.251 e. The molecule has 3 aromatic carbocycles. The lowest BCUT2D eigenvalue weighted by Gasteiger charge is -2.19. The molecule has 0 spiro atoms. The number of thioether (sulfide) groups is 1. The largest absolute Gasteiger partial charge is 0.486 e. The summed E-state index contributed by atoms with van der Waals surface area (Å²) in [4.78, 5) is 26.2. The molecule has 0 unspecified atom stereocenters. The van der Waals surface area contributed by atoms with Crippen molar-refractivity contribution in [1.82, 2.24) is 9.88 Å². The van der Waals surface area contributed by atoms with E-state index in [0.717, 1.165) is 21.4 Å². The summed E-state index contributed by atoms with van der Waals surface area (Å²) in [5, 5.41) is 7.03. The van der Waals surface area contributed by atoms with E-state index in [1.54, 1.807) is 6.07 Å². The standard InChI is InChI=1S/C28H27N3O4S/c1-19-6-2-3-7-21(19)28(33)29-12-13-31-17-26(22-8-4-5-9-23(22)31)36-18-27(32)30-20-10-11-24-25(16-20)35-15-14-34-24/h2-11,16-17H,12-15,18H2,1H3,(H,29,33)(H,30,32). The van der Waals surface area contributed by atoms with Crippen molar-refractivity contribution in [2.24, 2.45) is 0 Å². The third-order valence-corrected chi connectivity index (χ3v) is 7.01. The van der Waals surface area contributed by atoms with Crippen molar-refractivity contribution in [3.05, 3.63) is 84.1 Å². The van der Waals surface area contributed by atoms with E-state index in [9.17, 15) is 9.59 Å². The summed E-state index contributed by atoms with van der Waals surface area (Å²) in [7, 11) is 0. The molecule has 2 N–H and O–H groups in total. The van der Waals surface area contributed by atoms with Gasteiger partial charge in [-0.25, -0.2) is 0 Å². The first kappa shape index (κ1) is 23.8. The summed E-state index contributed by atoms with van der Waals surface area (Å²) in [5.41, 5.74) is 3.39. The van der Waals surface area contributed by atoms with Crippen LogP contribution in [0.5, 0.6) is 11.5 Å². The second-order valence-electron chi connectivity index (χ2n) is 8.47. The summed E-state index contributed by atoms with van der Waals surface area (Å²) < 4.78 is 13.2. The van der Waals surface area contributed by atoms with Gasteiger partial charge in [0.05, 0.1) is 5.75 Å². The van der Waals surface area contributed by atoms with Crippen LogP contribution in [0, 0.1) is 6.92 Å². The summed E-state index contributed by atoms with van der Waals surface area (Å²) in [5.74, 6) is 1.43. The number of aromatic nitrogens is 1. The lowest BCUT2D eigenvalue weighted by atomic mass is 10.1. The van der Waals surface area contributed by atoms with Crippen molar-refractivity contribution in [3.63, 3.8) is 0 Å². The van der Waals surface area contributed by atoms with Gasteiger partial charge in [0, 0.05) is 52.4 Å². The zero-order chi connectivity index (χ0) is 24.9. The van der Waals surface area contributed by atoms with E-state index < -0.39 is 0 Å². The highest BCUT2D eigenvalue weighted by Crippen LogP contribution is 2.33. The van der Waals surface area contributed by atoms with Gasteiger partial charge in [0.15, 0.2) is 11.5 Å². The number of benzene rings is 3. The van der Waals surface area contributed by atoms with Crippen LogP contribution < -0.4 is 20.1 Å². The number of hydrogen-bond acceptors (Lipinski definition) is 5. The van der Waals surface area contributed by atoms with Gasteiger partial charge in [0.1, 0.15) is 13.2 Å².